The Morgan fingerprint density at radius 2 is 2.06 bits per heavy atom. The Labute approximate surface area is 95.7 Å². The normalized spacial score (nSPS) is 9.75. The molecule has 0 saturated heterocycles. The second kappa shape index (κ2) is 4.67. The average Bonchev–Trinajstić information content (AvgIpc) is 2.49. The molecule has 0 atom stereocenters. The van der Waals surface area contributed by atoms with Crippen molar-refractivity contribution in [1.29, 1.82) is 0 Å². The van der Waals surface area contributed by atoms with Crippen LogP contribution in [0.15, 0.2) is 28.2 Å². The predicted molar refractivity (Wildman–Crippen MR) is 52.2 cm³/mol. The van der Waals surface area contributed by atoms with Crippen molar-refractivity contribution in [2.75, 3.05) is 5.73 Å². The van der Waals surface area contributed by atoms with Crippen LogP contribution in [0.1, 0.15) is 5.69 Å². The molecule has 0 bridgehead atoms. The number of rotatable bonds is 2. The van der Waals surface area contributed by atoms with Gasteiger partial charge in [0, 0.05) is 6.07 Å². The summed E-state index contributed by atoms with van der Waals surface area (Å²) in [6.45, 7) is 0.382. The fourth-order valence-corrected chi connectivity index (χ4v) is 1.30. The quantitative estimate of drug-likeness (QED) is 0.398. The first-order valence-electron chi connectivity index (χ1n) is 4.29. The van der Waals surface area contributed by atoms with E-state index in [0.29, 0.717) is 18.1 Å². The highest BCUT2D eigenvalue weighted by Crippen LogP contribution is 1.89. The van der Waals surface area contributed by atoms with Crippen molar-refractivity contribution in [1.82, 2.24) is 15.0 Å². The minimum atomic E-state index is -0.512. The molecule has 16 heavy (non-hydrogen) atoms. The fourth-order valence-electron chi connectivity index (χ4n) is 1.30. The number of hydrogen-bond acceptors (Lipinski definition) is 3. The Morgan fingerprint density at radius 1 is 1.31 bits per heavy atom. The lowest BCUT2D eigenvalue weighted by molar-refractivity contribution is -0.687. The molecule has 5 N–H and O–H groups in total. The van der Waals surface area contributed by atoms with Crippen molar-refractivity contribution in [2.45, 2.75) is 6.54 Å². The number of nitrogen functional groups attached to an aromatic ring is 1. The molecule has 0 amide bonds. The second-order valence-electron chi connectivity index (χ2n) is 3.14. The number of H-pyrrole nitrogens is 3. The summed E-state index contributed by atoms with van der Waals surface area (Å²) in [7, 11) is 0. The fraction of sp³-hybridized carbons (Fsp3) is 0.125. The average molecular weight is 244 g/mol. The molecule has 2 heterocycles. The van der Waals surface area contributed by atoms with Gasteiger partial charge < -0.3 is 23.1 Å². The van der Waals surface area contributed by atoms with Crippen LogP contribution >= 0.6 is 0 Å². The number of aromatic amines is 3. The monoisotopic (exact) mass is 243 g/mol. The lowest BCUT2D eigenvalue weighted by Gasteiger charge is -1.95. The van der Waals surface area contributed by atoms with Gasteiger partial charge in [0.15, 0.2) is 6.20 Å². The van der Waals surface area contributed by atoms with Crippen LogP contribution in [0, 0.1) is 0 Å². The number of nitrogens with two attached hydrogens (primary N) is 1. The summed E-state index contributed by atoms with van der Waals surface area (Å²) in [5.41, 5.74) is 5.07. The lowest BCUT2D eigenvalue weighted by atomic mass is 10.4. The summed E-state index contributed by atoms with van der Waals surface area (Å²) in [5, 5.41) is 0. The van der Waals surface area contributed by atoms with E-state index >= 15 is 0 Å². The minimum Gasteiger partial charge on any atom is -1.00 e. The third-order valence-corrected chi connectivity index (χ3v) is 1.87. The molecule has 7 nitrogen and oxygen atoms in total. The van der Waals surface area contributed by atoms with Gasteiger partial charge in [-0.15, -0.1) is 0 Å². The summed E-state index contributed by atoms with van der Waals surface area (Å²) >= 11 is 0. The first-order valence-corrected chi connectivity index (χ1v) is 4.29. The van der Waals surface area contributed by atoms with Crippen molar-refractivity contribution in [3.05, 3.63) is 45.1 Å². The smallest absolute Gasteiger partial charge is 0.326 e. The Morgan fingerprint density at radius 3 is 2.62 bits per heavy atom. The summed E-state index contributed by atoms with van der Waals surface area (Å²) < 4.78 is 1.72. The van der Waals surface area contributed by atoms with Crippen LogP contribution < -0.4 is 34.0 Å². The zero-order chi connectivity index (χ0) is 10.8. The van der Waals surface area contributed by atoms with Gasteiger partial charge in [0.2, 0.25) is 12.1 Å². The Kier molecular flexibility index (Phi) is 3.51. The summed E-state index contributed by atoms with van der Waals surface area (Å²) in [6, 6.07) is 1.33. The first-order chi connectivity index (χ1) is 7.13. The first kappa shape index (κ1) is 12.1. The highest BCUT2D eigenvalue weighted by Gasteiger charge is 2.04. The second-order valence-corrected chi connectivity index (χ2v) is 3.14. The van der Waals surface area contributed by atoms with Crippen molar-refractivity contribution in [3.63, 3.8) is 0 Å². The van der Waals surface area contributed by atoms with Crippen LogP contribution in [-0.2, 0) is 6.54 Å². The van der Waals surface area contributed by atoms with Crippen LogP contribution in [0.25, 0.3) is 0 Å². The number of hydrogen-bond donors (Lipinski definition) is 4. The Balaban J connectivity index is 0.00000128. The third-order valence-electron chi connectivity index (χ3n) is 1.87. The van der Waals surface area contributed by atoms with Gasteiger partial charge in [-0.2, -0.15) is 0 Å². The van der Waals surface area contributed by atoms with Crippen molar-refractivity contribution >= 4 is 5.82 Å². The van der Waals surface area contributed by atoms with E-state index in [2.05, 4.69) is 15.0 Å². The van der Waals surface area contributed by atoms with Gasteiger partial charge in [-0.1, -0.05) is 0 Å². The van der Waals surface area contributed by atoms with E-state index in [1.807, 2.05) is 0 Å². The van der Waals surface area contributed by atoms with Gasteiger partial charge in [-0.25, -0.2) is 14.3 Å². The van der Waals surface area contributed by atoms with Crippen LogP contribution in [0.4, 0.5) is 5.82 Å². The van der Waals surface area contributed by atoms with Gasteiger partial charge in [0.1, 0.15) is 6.54 Å². The van der Waals surface area contributed by atoms with E-state index in [0.717, 1.165) is 0 Å². The maximum atomic E-state index is 11.0. The molecular formula is C8H10ClN5O2. The number of anilines is 1. The van der Waals surface area contributed by atoms with E-state index in [-0.39, 0.29) is 12.4 Å². The van der Waals surface area contributed by atoms with Crippen LogP contribution in [-0.4, -0.2) is 15.0 Å². The largest absolute Gasteiger partial charge is 1.00 e. The van der Waals surface area contributed by atoms with Gasteiger partial charge in [0.05, 0.1) is 5.69 Å². The summed E-state index contributed by atoms with van der Waals surface area (Å²) in [4.78, 5) is 29.3. The number of imidazole rings is 1. The number of nitrogens with one attached hydrogen (secondary N) is 3. The predicted octanol–water partition coefficient (Wildman–Crippen LogP) is -4.69. The van der Waals surface area contributed by atoms with Crippen molar-refractivity contribution in [2.24, 2.45) is 0 Å². The highest BCUT2D eigenvalue weighted by molar-refractivity contribution is 5.18. The molecular weight excluding hydrogens is 234 g/mol. The SMILES string of the molecule is Nc1c[n+](Cc2cc(=O)[nH]c(=O)[nH]2)c[nH]1.[Cl-]. The van der Waals surface area contributed by atoms with Crippen LogP contribution in [0.5, 0.6) is 0 Å². The van der Waals surface area contributed by atoms with E-state index in [1.54, 1.807) is 17.1 Å². The summed E-state index contributed by atoms with van der Waals surface area (Å²) in [5.74, 6) is 0.516. The molecule has 0 unspecified atom stereocenters. The molecule has 2 aromatic rings. The van der Waals surface area contributed by atoms with E-state index < -0.39 is 11.2 Å². The standard InChI is InChI=1S/C8H9N5O2.ClH/c9-6-3-13(4-10-6)2-5-1-7(14)12-8(15)11-5;/h1,3-4H,2,9H2,(H2,11,12,14,15);1H. The molecule has 0 radical (unpaired) electrons. The number of aromatic nitrogens is 4. The van der Waals surface area contributed by atoms with Crippen LogP contribution in [0.2, 0.25) is 0 Å². The van der Waals surface area contributed by atoms with E-state index in [4.69, 9.17) is 5.73 Å². The maximum Gasteiger partial charge on any atom is 0.326 e. The molecule has 0 aromatic carbocycles. The highest BCUT2D eigenvalue weighted by atomic mass is 35.5. The van der Waals surface area contributed by atoms with Crippen molar-refractivity contribution < 1.29 is 17.0 Å². The molecule has 0 aliphatic carbocycles. The van der Waals surface area contributed by atoms with E-state index in [1.165, 1.54) is 6.07 Å². The van der Waals surface area contributed by atoms with Gasteiger partial charge >= 0.3 is 5.69 Å². The molecule has 8 heteroatoms. The number of halogens is 1. The molecule has 0 spiro atoms. The van der Waals surface area contributed by atoms with E-state index in [9.17, 15) is 9.59 Å². The van der Waals surface area contributed by atoms with Gasteiger partial charge in [-0.05, 0) is 0 Å². The van der Waals surface area contributed by atoms with Crippen molar-refractivity contribution in [3.8, 4) is 0 Å². The zero-order valence-electron chi connectivity index (χ0n) is 8.16. The third kappa shape index (κ3) is 2.74. The topological polar surface area (TPSA) is 111 Å². The molecule has 2 rings (SSSR count). The Bertz CT molecular complexity index is 556. The van der Waals surface area contributed by atoms with Crippen LogP contribution in [0.3, 0.4) is 0 Å². The Hall–Kier alpha value is -2.02. The zero-order valence-corrected chi connectivity index (χ0v) is 8.91. The molecule has 86 valence electrons. The molecule has 0 aliphatic rings. The van der Waals surface area contributed by atoms with Gasteiger partial charge in [0.25, 0.3) is 5.56 Å². The minimum absolute atomic E-state index is 0. The molecule has 2 aromatic heterocycles. The molecule has 0 aliphatic heterocycles. The number of nitrogens with zero attached hydrogens (tertiary/aromatic N) is 1. The summed E-state index contributed by atoms with van der Waals surface area (Å²) in [6.07, 6.45) is 3.31. The molecule has 0 saturated carbocycles. The van der Waals surface area contributed by atoms with Gasteiger partial charge in [-0.3, -0.25) is 9.78 Å². The lowest BCUT2D eigenvalue weighted by Crippen LogP contribution is -3.00. The maximum absolute atomic E-state index is 11.0. The molecule has 0 fully saturated rings.